The number of ketones is 1. The van der Waals surface area contributed by atoms with Crippen LogP contribution in [-0.4, -0.2) is 18.7 Å². The predicted molar refractivity (Wildman–Crippen MR) is 104 cm³/mol. The summed E-state index contributed by atoms with van der Waals surface area (Å²) < 4.78 is 1.71. The van der Waals surface area contributed by atoms with Gasteiger partial charge in [-0.25, -0.2) is 0 Å². The van der Waals surface area contributed by atoms with E-state index >= 15 is 0 Å². The molecule has 144 valence electrons. The maximum atomic E-state index is 12.4. The monoisotopic (exact) mass is 498 g/mol. The van der Waals surface area contributed by atoms with Gasteiger partial charge < -0.3 is 29.3 Å². The minimum atomic E-state index is -0.452. The van der Waals surface area contributed by atoms with Crippen molar-refractivity contribution >= 4 is 28.9 Å². The first-order chi connectivity index (χ1) is 12.2. The number of benzene rings is 1. The highest BCUT2D eigenvalue weighted by atomic mass is 127. The van der Waals surface area contributed by atoms with Crippen LogP contribution in [0.1, 0.15) is 31.9 Å². The number of Topliss-reactive ketones (excluding diaryl/α,β-unsaturated/α-hetero) is 1. The summed E-state index contributed by atoms with van der Waals surface area (Å²) >= 11 is 6.29. The molecule has 6 heteroatoms. The van der Waals surface area contributed by atoms with Crippen molar-refractivity contribution in [3.63, 3.8) is 0 Å². The van der Waals surface area contributed by atoms with Crippen LogP contribution in [0.5, 0.6) is 0 Å². The Balaban J connectivity index is 0.00000364. The molecule has 0 aliphatic rings. The molecular formula is C21H24ClIN2O2. The topological polar surface area (TPSA) is 50.1 Å². The summed E-state index contributed by atoms with van der Waals surface area (Å²) in [5, 5.41) is 3.08. The highest BCUT2D eigenvalue weighted by Crippen LogP contribution is 2.23. The van der Waals surface area contributed by atoms with Gasteiger partial charge in [-0.2, -0.15) is 4.57 Å². The molecular weight excluding hydrogens is 475 g/mol. The van der Waals surface area contributed by atoms with Gasteiger partial charge in [0.1, 0.15) is 0 Å². The standard InChI is InChI=1S/C21H23ClN2O2.HI/c1-21(2,3)18(25)14-24-13-16(10-11-19(24)22)17(12-20(26)23-4)15-8-6-5-7-9-15;/h5-13H,14H2,1-4H3;1H. The Morgan fingerprint density at radius 2 is 1.70 bits per heavy atom. The lowest BCUT2D eigenvalue weighted by molar-refractivity contribution is -0.682. The highest BCUT2D eigenvalue weighted by molar-refractivity contribution is 6.28. The molecule has 0 aliphatic carbocycles. The minimum Gasteiger partial charge on any atom is -1.00 e. The first kappa shape index (κ1) is 23.3. The van der Waals surface area contributed by atoms with E-state index in [0.29, 0.717) is 5.15 Å². The largest absolute Gasteiger partial charge is 1.00 e. The lowest BCUT2D eigenvalue weighted by Crippen LogP contribution is -3.00. The summed E-state index contributed by atoms with van der Waals surface area (Å²) in [7, 11) is 1.59. The SMILES string of the molecule is CNC(=O)C=C(c1ccccc1)c1ccc(Cl)[n+](CC(=O)C(C)(C)C)c1.[I-]. The molecule has 0 bridgehead atoms. The number of likely N-dealkylation sites (N-methyl/N-ethyl adjacent to an activating group) is 1. The summed E-state index contributed by atoms with van der Waals surface area (Å²) in [6.07, 6.45) is 3.36. The van der Waals surface area contributed by atoms with E-state index in [1.807, 2.05) is 63.4 Å². The van der Waals surface area contributed by atoms with E-state index in [9.17, 15) is 9.59 Å². The Hall–Kier alpha value is -1.73. The van der Waals surface area contributed by atoms with Gasteiger partial charge in [-0.05, 0) is 23.2 Å². The number of halogens is 2. The molecule has 27 heavy (non-hydrogen) atoms. The van der Waals surface area contributed by atoms with Crippen molar-refractivity contribution in [1.82, 2.24) is 5.32 Å². The van der Waals surface area contributed by atoms with Gasteiger partial charge in [-0.1, -0.05) is 51.1 Å². The molecule has 2 rings (SSSR count). The zero-order valence-corrected chi connectivity index (χ0v) is 18.8. The fraction of sp³-hybridized carbons (Fsp3) is 0.286. The van der Waals surface area contributed by atoms with Gasteiger partial charge in [-0.15, -0.1) is 0 Å². The average molecular weight is 499 g/mol. The molecule has 1 aromatic carbocycles. The quantitative estimate of drug-likeness (QED) is 0.281. The number of pyridine rings is 1. The summed E-state index contributed by atoms with van der Waals surface area (Å²) in [6.45, 7) is 5.83. The van der Waals surface area contributed by atoms with Crippen molar-refractivity contribution in [1.29, 1.82) is 0 Å². The number of rotatable bonds is 5. The number of hydrogen-bond acceptors (Lipinski definition) is 2. The molecule has 1 amide bonds. The third kappa shape index (κ3) is 6.43. The van der Waals surface area contributed by atoms with E-state index in [0.717, 1.165) is 16.7 Å². The van der Waals surface area contributed by atoms with Crippen molar-refractivity contribution in [2.24, 2.45) is 5.41 Å². The van der Waals surface area contributed by atoms with Crippen LogP contribution >= 0.6 is 11.6 Å². The molecule has 0 atom stereocenters. The van der Waals surface area contributed by atoms with Gasteiger partial charge in [0.05, 0.1) is 0 Å². The molecule has 0 unspecified atom stereocenters. The van der Waals surface area contributed by atoms with Gasteiger partial charge in [0.2, 0.25) is 18.2 Å². The molecule has 0 aliphatic heterocycles. The Bertz CT molecular complexity index is 843. The van der Waals surface area contributed by atoms with Crippen molar-refractivity contribution in [3.8, 4) is 0 Å². The zero-order valence-electron chi connectivity index (χ0n) is 15.9. The smallest absolute Gasteiger partial charge is 0.275 e. The minimum absolute atomic E-state index is 0. The second kappa shape index (κ2) is 9.99. The second-order valence-corrected chi connectivity index (χ2v) is 7.47. The average Bonchev–Trinajstić information content (AvgIpc) is 2.61. The van der Waals surface area contributed by atoms with E-state index in [1.165, 1.54) is 0 Å². The predicted octanol–water partition coefficient (Wildman–Crippen LogP) is 0.424. The fourth-order valence-electron chi connectivity index (χ4n) is 2.35. The van der Waals surface area contributed by atoms with Crippen LogP contribution in [0.2, 0.25) is 5.15 Å². The van der Waals surface area contributed by atoms with Crippen LogP contribution in [0.15, 0.2) is 54.7 Å². The van der Waals surface area contributed by atoms with Crippen LogP contribution in [0.25, 0.3) is 5.57 Å². The number of nitrogens with one attached hydrogen (secondary N) is 1. The number of aromatic nitrogens is 1. The summed E-state index contributed by atoms with van der Waals surface area (Å²) in [6, 6.07) is 13.2. The van der Waals surface area contributed by atoms with Gasteiger partial charge in [-0.3, -0.25) is 9.59 Å². The van der Waals surface area contributed by atoms with Crippen LogP contribution in [-0.2, 0) is 16.1 Å². The van der Waals surface area contributed by atoms with E-state index < -0.39 is 5.41 Å². The van der Waals surface area contributed by atoms with Crippen molar-refractivity contribution in [2.45, 2.75) is 27.3 Å². The van der Waals surface area contributed by atoms with E-state index in [-0.39, 0.29) is 42.2 Å². The zero-order chi connectivity index (χ0) is 19.3. The molecule has 0 saturated carbocycles. The lowest BCUT2D eigenvalue weighted by Gasteiger charge is -2.14. The molecule has 4 nitrogen and oxygen atoms in total. The number of nitrogens with zero attached hydrogens (tertiary/aromatic N) is 1. The van der Waals surface area contributed by atoms with Crippen LogP contribution in [0, 0.1) is 5.41 Å². The highest BCUT2D eigenvalue weighted by Gasteiger charge is 2.26. The Labute approximate surface area is 182 Å². The first-order valence-corrected chi connectivity index (χ1v) is 8.81. The van der Waals surface area contributed by atoms with Gasteiger partial charge in [0.25, 0.3) is 5.15 Å². The van der Waals surface area contributed by atoms with Crippen LogP contribution in [0.4, 0.5) is 0 Å². The maximum Gasteiger partial charge on any atom is 0.275 e. The summed E-state index contributed by atoms with van der Waals surface area (Å²) in [4.78, 5) is 24.4. The number of hydrogen-bond donors (Lipinski definition) is 1. The molecule has 1 heterocycles. The van der Waals surface area contributed by atoms with E-state index in [4.69, 9.17) is 11.6 Å². The molecule has 0 saturated heterocycles. The summed E-state index contributed by atoms with van der Waals surface area (Å²) in [5.41, 5.74) is 2.03. The van der Waals surface area contributed by atoms with Gasteiger partial charge in [0.15, 0.2) is 6.20 Å². The van der Waals surface area contributed by atoms with Gasteiger partial charge >= 0.3 is 0 Å². The third-order valence-electron chi connectivity index (χ3n) is 4.04. The molecule has 1 aromatic heterocycles. The first-order valence-electron chi connectivity index (χ1n) is 8.44. The molecule has 0 spiro atoms. The van der Waals surface area contributed by atoms with Crippen LogP contribution < -0.4 is 33.9 Å². The van der Waals surface area contributed by atoms with Gasteiger partial charge in [0, 0.05) is 35.7 Å². The Morgan fingerprint density at radius 1 is 1.07 bits per heavy atom. The van der Waals surface area contributed by atoms with E-state index in [2.05, 4.69) is 5.32 Å². The number of carbonyl (C=O) groups is 2. The fourth-order valence-corrected chi connectivity index (χ4v) is 2.53. The van der Waals surface area contributed by atoms with Crippen molar-refractivity contribution in [2.75, 3.05) is 7.05 Å². The van der Waals surface area contributed by atoms with E-state index in [1.54, 1.807) is 23.8 Å². The van der Waals surface area contributed by atoms with Crippen molar-refractivity contribution < 1.29 is 38.1 Å². The number of amides is 1. The number of carbonyl (C=O) groups excluding carboxylic acids is 2. The molecule has 0 fully saturated rings. The normalized spacial score (nSPS) is 11.5. The van der Waals surface area contributed by atoms with Crippen molar-refractivity contribution in [3.05, 3.63) is 71.0 Å². The molecule has 2 aromatic rings. The summed E-state index contributed by atoms with van der Waals surface area (Å²) in [5.74, 6) is -0.116. The Kier molecular flexibility index (Phi) is 8.62. The molecule has 0 radical (unpaired) electrons. The Morgan fingerprint density at radius 3 is 2.26 bits per heavy atom. The third-order valence-corrected chi connectivity index (χ3v) is 4.38. The van der Waals surface area contributed by atoms with Crippen LogP contribution in [0.3, 0.4) is 0 Å². The maximum absolute atomic E-state index is 12.4. The lowest BCUT2D eigenvalue weighted by atomic mass is 9.91. The molecule has 1 N–H and O–H groups in total. The second-order valence-electron chi connectivity index (χ2n) is 7.08.